The van der Waals surface area contributed by atoms with Crippen LogP contribution in [0.2, 0.25) is 5.02 Å². The smallest absolute Gasteiger partial charge is 0.374 e. The molecule has 2 aromatic rings. The van der Waals surface area contributed by atoms with E-state index in [2.05, 4.69) is 9.68 Å². The van der Waals surface area contributed by atoms with Crippen LogP contribution in [0.15, 0.2) is 22.7 Å². The van der Waals surface area contributed by atoms with Crippen LogP contribution in [0.4, 0.5) is 0 Å². The lowest BCUT2D eigenvalue weighted by Crippen LogP contribution is -1.91. The number of benzene rings is 1. The molecule has 0 atom stereocenters. The van der Waals surface area contributed by atoms with Crippen LogP contribution in [0, 0.1) is 0 Å². The van der Waals surface area contributed by atoms with Gasteiger partial charge in [0.05, 0.1) is 12.7 Å². The predicted molar refractivity (Wildman–Crippen MR) is 62.1 cm³/mol. The molecular formula is C11H8ClNO5. The SMILES string of the molecule is COc1cc(Cl)cc(-c2cc(C(=O)O)on2)c1O. The molecule has 0 bridgehead atoms. The van der Waals surface area contributed by atoms with E-state index in [1.807, 2.05) is 0 Å². The molecule has 0 spiro atoms. The van der Waals surface area contributed by atoms with Gasteiger partial charge >= 0.3 is 5.97 Å². The number of aromatic hydroxyl groups is 1. The molecule has 0 unspecified atom stereocenters. The Balaban J connectivity index is 2.55. The van der Waals surface area contributed by atoms with Crippen molar-refractivity contribution in [3.63, 3.8) is 0 Å². The number of rotatable bonds is 3. The molecule has 7 heteroatoms. The van der Waals surface area contributed by atoms with Crippen LogP contribution in [-0.4, -0.2) is 28.4 Å². The largest absolute Gasteiger partial charge is 0.504 e. The molecule has 94 valence electrons. The molecule has 0 saturated heterocycles. The Hall–Kier alpha value is -2.21. The maximum absolute atomic E-state index is 10.7. The number of ether oxygens (including phenoxy) is 1. The summed E-state index contributed by atoms with van der Waals surface area (Å²) in [5.41, 5.74) is 0.390. The summed E-state index contributed by atoms with van der Waals surface area (Å²) >= 11 is 5.85. The van der Waals surface area contributed by atoms with Crippen LogP contribution >= 0.6 is 11.6 Å². The van der Waals surface area contributed by atoms with Crippen LogP contribution in [0.1, 0.15) is 10.6 Å². The Kier molecular flexibility index (Phi) is 3.12. The summed E-state index contributed by atoms with van der Waals surface area (Å²) in [6, 6.07) is 4.05. The van der Waals surface area contributed by atoms with E-state index < -0.39 is 5.97 Å². The van der Waals surface area contributed by atoms with Crippen LogP contribution in [0.25, 0.3) is 11.3 Å². The first-order valence-electron chi connectivity index (χ1n) is 4.80. The van der Waals surface area contributed by atoms with Crippen molar-refractivity contribution in [2.75, 3.05) is 7.11 Å². The summed E-state index contributed by atoms with van der Waals surface area (Å²) in [7, 11) is 1.38. The molecule has 1 aromatic heterocycles. The summed E-state index contributed by atoms with van der Waals surface area (Å²) in [6.07, 6.45) is 0. The number of aromatic carboxylic acids is 1. The van der Waals surface area contributed by atoms with Crippen LogP contribution in [0.5, 0.6) is 11.5 Å². The van der Waals surface area contributed by atoms with E-state index in [0.717, 1.165) is 0 Å². The van der Waals surface area contributed by atoms with Gasteiger partial charge in [-0.3, -0.25) is 0 Å². The van der Waals surface area contributed by atoms with Gasteiger partial charge in [-0.2, -0.15) is 0 Å². The molecule has 0 amide bonds. The van der Waals surface area contributed by atoms with Crippen molar-refractivity contribution in [2.45, 2.75) is 0 Å². The minimum atomic E-state index is -1.25. The Morgan fingerprint density at radius 2 is 2.17 bits per heavy atom. The molecule has 0 radical (unpaired) electrons. The number of phenols is 1. The maximum atomic E-state index is 10.7. The summed E-state index contributed by atoms with van der Waals surface area (Å²) < 4.78 is 9.54. The Labute approximate surface area is 106 Å². The van der Waals surface area contributed by atoms with Gasteiger partial charge < -0.3 is 19.5 Å². The molecule has 0 aliphatic carbocycles. The number of hydrogen-bond acceptors (Lipinski definition) is 5. The average Bonchev–Trinajstić information content (AvgIpc) is 2.81. The highest BCUT2D eigenvalue weighted by molar-refractivity contribution is 6.31. The second kappa shape index (κ2) is 4.58. The molecule has 2 N–H and O–H groups in total. The molecule has 18 heavy (non-hydrogen) atoms. The lowest BCUT2D eigenvalue weighted by molar-refractivity contribution is 0.0652. The van der Waals surface area contributed by atoms with E-state index in [4.69, 9.17) is 21.4 Å². The highest BCUT2D eigenvalue weighted by atomic mass is 35.5. The van der Waals surface area contributed by atoms with E-state index in [1.165, 1.54) is 25.3 Å². The normalized spacial score (nSPS) is 10.3. The summed E-state index contributed by atoms with van der Waals surface area (Å²) in [5.74, 6) is -1.60. The molecule has 1 aromatic carbocycles. The quantitative estimate of drug-likeness (QED) is 0.889. The Morgan fingerprint density at radius 3 is 2.72 bits per heavy atom. The number of carbonyl (C=O) groups is 1. The monoisotopic (exact) mass is 269 g/mol. The van der Waals surface area contributed by atoms with Gasteiger partial charge in [0.25, 0.3) is 0 Å². The first-order valence-corrected chi connectivity index (χ1v) is 5.17. The Bertz CT molecular complexity index is 607. The lowest BCUT2D eigenvalue weighted by atomic mass is 10.1. The van der Waals surface area contributed by atoms with Crippen molar-refractivity contribution in [3.05, 3.63) is 29.0 Å². The molecule has 0 saturated carbocycles. The molecular weight excluding hydrogens is 262 g/mol. The van der Waals surface area contributed by atoms with Gasteiger partial charge in [-0.1, -0.05) is 16.8 Å². The fourth-order valence-electron chi connectivity index (χ4n) is 1.43. The van der Waals surface area contributed by atoms with E-state index >= 15 is 0 Å². The number of methoxy groups -OCH3 is 1. The average molecular weight is 270 g/mol. The maximum Gasteiger partial charge on any atom is 0.374 e. The zero-order valence-electron chi connectivity index (χ0n) is 9.18. The van der Waals surface area contributed by atoms with Gasteiger partial charge in [0.1, 0.15) is 5.69 Å². The number of carboxylic acids is 1. The molecule has 0 fully saturated rings. The molecule has 1 heterocycles. The van der Waals surface area contributed by atoms with Crippen LogP contribution in [-0.2, 0) is 0 Å². The standard InChI is InChI=1S/C11H8ClNO5/c1-17-8-3-5(12)2-6(10(8)14)7-4-9(11(15)16)18-13-7/h2-4,14H,1H3,(H,15,16). The third-order valence-corrected chi connectivity index (χ3v) is 2.47. The number of hydrogen-bond donors (Lipinski definition) is 2. The van der Waals surface area contributed by atoms with E-state index in [9.17, 15) is 9.90 Å². The number of phenolic OH excluding ortho intramolecular Hbond substituents is 1. The Morgan fingerprint density at radius 1 is 1.44 bits per heavy atom. The number of nitrogens with zero attached hydrogens (tertiary/aromatic N) is 1. The van der Waals surface area contributed by atoms with Crippen molar-refractivity contribution in [1.82, 2.24) is 5.16 Å². The fourth-order valence-corrected chi connectivity index (χ4v) is 1.64. The topological polar surface area (TPSA) is 92.8 Å². The first-order chi connectivity index (χ1) is 8.52. The second-order valence-corrected chi connectivity index (χ2v) is 3.82. The highest BCUT2D eigenvalue weighted by Gasteiger charge is 2.18. The van der Waals surface area contributed by atoms with E-state index in [1.54, 1.807) is 0 Å². The van der Waals surface area contributed by atoms with Gasteiger partial charge in [-0.25, -0.2) is 4.79 Å². The molecule has 2 rings (SSSR count). The van der Waals surface area contributed by atoms with Crippen molar-refractivity contribution in [2.24, 2.45) is 0 Å². The third kappa shape index (κ3) is 2.10. The van der Waals surface area contributed by atoms with Gasteiger partial charge in [0.15, 0.2) is 11.5 Å². The molecule has 0 aliphatic heterocycles. The van der Waals surface area contributed by atoms with Crippen molar-refractivity contribution in [1.29, 1.82) is 0 Å². The van der Waals surface area contributed by atoms with E-state index in [-0.39, 0.29) is 28.5 Å². The van der Waals surface area contributed by atoms with Gasteiger partial charge in [0.2, 0.25) is 5.76 Å². The van der Waals surface area contributed by atoms with Crippen LogP contribution < -0.4 is 4.74 Å². The fraction of sp³-hybridized carbons (Fsp3) is 0.0909. The zero-order valence-corrected chi connectivity index (χ0v) is 9.93. The second-order valence-electron chi connectivity index (χ2n) is 3.39. The molecule has 6 nitrogen and oxygen atoms in total. The van der Waals surface area contributed by atoms with Crippen molar-refractivity contribution >= 4 is 17.6 Å². The summed E-state index contributed by atoms with van der Waals surface area (Å²) in [5, 5.41) is 22.5. The van der Waals surface area contributed by atoms with Gasteiger partial charge in [-0.05, 0) is 6.07 Å². The van der Waals surface area contributed by atoms with Crippen LogP contribution in [0.3, 0.4) is 0 Å². The first kappa shape index (κ1) is 12.3. The number of aromatic nitrogens is 1. The van der Waals surface area contributed by atoms with Gasteiger partial charge in [0, 0.05) is 17.2 Å². The zero-order chi connectivity index (χ0) is 13.3. The third-order valence-electron chi connectivity index (χ3n) is 2.26. The lowest BCUT2D eigenvalue weighted by Gasteiger charge is -2.07. The number of carboxylic acid groups (broad SMARTS) is 1. The highest BCUT2D eigenvalue weighted by Crippen LogP contribution is 2.39. The molecule has 0 aliphatic rings. The minimum Gasteiger partial charge on any atom is -0.504 e. The van der Waals surface area contributed by atoms with Gasteiger partial charge in [-0.15, -0.1) is 0 Å². The predicted octanol–water partition coefficient (Wildman–Crippen LogP) is 2.41. The minimum absolute atomic E-state index is 0.158. The summed E-state index contributed by atoms with van der Waals surface area (Å²) in [6.45, 7) is 0. The van der Waals surface area contributed by atoms with E-state index in [0.29, 0.717) is 5.02 Å². The van der Waals surface area contributed by atoms with Crippen molar-refractivity contribution in [3.8, 4) is 22.8 Å². The number of halogens is 1. The summed E-state index contributed by atoms with van der Waals surface area (Å²) in [4.78, 5) is 10.7. The van der Waals surface area contributed by atoms with Crippen molar-refractivity contribution < 1.29 is 24.3 Å².